The number of ether oxygens (including phenoxy) is 2. The molecule has 2 aliphatic heterocycles. The van der Waals surface area contributed by atoms with Gasteiger partial charge in [-0.1, -0.05) is 0 Å². The summed E-state index contributed by atoms with van der Waals surface area (Å²) >= 11 is 0. The zero-order valence-corrected chi connectivity index (χ0v) is 10.8. The Morgan fingerprint density at radius 1 is 1.53 bits per heavy atom. The lowest BCUT2D eigenvalue weighted by atomic mass is 9.78. The van der Waals surface area contributed by atoms with Crippen LogP contribution in [-0.2, 0) is 24.1 Å². The molecule has 2 heterocycles. The van der Waals surface area contributed by atoms with E-state index in [0.29, 0.717) is 19.6 Å². The zero-order valence-electron chi connectivity index (χ0n) is 9.98. The Morgan fingerprint density at radius 3 is 2.76 bits per heavy atom. The van der Waals surface area contributed by atoms with Crippen molar-refractivity contribution in [3.8, 4) is 0 Å². The molecule has 0 aromatic carbocycles. The maximum atomic E-state index is 11.7. The number of esters is 1. The molecule has 0 bridgehead atoms. The van der Waals surface area contributed by atoms with Gasteiger partial charge in [-0.25, -0.2) is 8.42 Å². The van der Waals surface area contributed by atoms with Gasteiger partial charge in [-0.15, -0.1) is 0 Å². The predicted molar refractivity (Wildman–Crippen MR) is 61.3 cm³/mol. The third-order valence-corrected chi connectivity index (χ3v) is 5.38. The number of sulfone groups is 1. The van der Waals surface area contributed by atoms with Gasteiger partial charge in [0, 0.05) is 5.41 Å². The standard InChI is InChI=1S/C11H18O5S/c1-2-15-10(12)6-11(9-7-16-9)4-3-5-17(13,14)8-11/h9H,2-8H2,1H3. The van der Waals surface area contributed by atoms with Crippen LogP contribution in [0.15, 0.2) is 0 Å². The lowest BCUT2D eigenvalue weighted by molar-refractivity contribution is -0.146. The molecular weight excluding hydrogens is 244 g/mol. The summed E-state index contributed by atoms with van der Waals surface area (Å²) in [5.74, 6) is -0.0339. The third kappa shape index (κ3) is 2.98. The first-order valence-corrected chi connectivity index (χ1v) is 7.77. The highest BCUT2D eigenvalue weighted by molar-refractivity contribution is 7.91. The average molecular weight is 262 g/mol. The van der Waals surface area contributed by atoms with Crippen LogP contribution in [0.4, 0.5) is 0 Å². The molecule has 17 heavy (non-hydrogen) atoms. The third-order valence-electron chi connectivity index (χ3n) is 3.46. The number of hydrogen-bond donors (Lipinski definition) is 0. The van der Waals surface area contributed by atoms with Crippen molar-refractivity contribution in [1.29, 1.82) is 0 Å². The summed E-state index contributed by atoms with van der Waals surface area (Å²) < 4.78 is 33.6. The molecule has 2 fully saturated rings. The summed E-state index contributed by atoms with van der Waals surface area (Å²) in [5, 5.41) is 0. The van der Waals surface area contributed by atoms with E-state index in [-0.39, 0.29) is 30.0 Å². The van der Waals surface area contributed by atoms with Crippen LogP contribution < -0.4 is 0 Å². The second kappa shape index (κ2) is 4.57. The van der Waals surface area contributed by atoms with Crippen LogP contribution in [0.1, 0.15) is 26.2 Å². The molecule has 2 unspecified atom stereocenters. The minimum absolute atomic E-state index is 0.0590. The summed E-state index contributed by atoms with van der Waals surface area (Å²) in [6, 6.07) is 0. The fourth-order valence-corrected chi connectivity index (χ4v) is 4.67. The Morgan fingerprint density at radius 2 is 2.24 bits per heavy atom. The Hall–Kier alpha value is -0.620. The molecular formula is C11H18O5S. The lowest BCUT2D eigenvalue weighted by Gasteiger charge is -2.34. The van der Waals surface area contributed by atoms with E-state index < -0.39 is 15.3 Å². The SMILES string of the molecule is CCOC(=O)CC1(C2CO2)CCCS(=O)(=O)C1. The summed E-state index contributed by atoms with van der Waals surface area (Å²) in [4.78, 5) is 11.6. The van der Waals surface area contributed by atoms with Crippen LogP contribution in [0, 0.1) is 5.41 Å². The first kappa shape index (κ1) is 12.8. The van der Waals surface area contributed by atoms with Crippen molar-refractivity contribution in [2.75, 3.05) is 24.7 Å². The monoisotopic (exact) mass is 262 g/mol. The van der Waals surface area contributed by atoms with Gasteiger partial charge in [-0.3, -0.25) is 4.79 Å². The van der Waals surface area contributed by atoms with Gasteiger partial charge in [0.25, 0.3) is 0 Å². The van der Waals surface area contributed by atoms with Crippen molar-refractivity contribution in [3.05, 3.63) is 0 Å². The van der Waals surface area contributed by atoms with Crippen molar-refractivity contribution in [2.45, 2.75) is 32.3 Å². The van der Waals surface area contributed by atoms with Crippen LogP contribution in [0.2, 0.25) is 0 Å². The van der Waals surface area contributed by atoms with Crippen molar-refractivity contribution in [3.63, 3.8) is 0 Å². The zero-order chi connectivity index (χ0) is 12.5. The summed E-state index contributed by atoms with van der Waals surface area (Å²) in [7, 11) is -3.04. The van der Waals surface area contributed by atoms with Gasteiger partial charge < -0.3 is 9.47 Å². The van der Waals surface area contributed by atoms with E-state index in [4.69, 9.17) is 9.47 Å². The topological polar surface area (TPSA) is 73.0 Å². The quantitative estimate of drug-likeness (QED) is 0.546. The van der Waals surface area contributed by atoms with E-state index >= 15 is 0 Å². The van der Waals surface area contributed by atoms with Gasteiger partial charge in [0.15, 0.2) is 9.84 Å². The molecule has 0 amide bonds. The predicted octanol–water partition coefficient (Wildman–Crippen LogP) is 0.533. The van der Waals surface area contributed by atoms with Crippen LogP contribution >= 0.6 is 0 Å². The van der Waals surface area contributed by atoms with Gasteiger partial charge in [0.05, 0.1) is 37.2 Å². The first-order valence-electron chi connectivity index (χ1n) is 5.95. The fourth-order valence-electron chi connectivity index (χ4n) is 2.63. The normalized spacial score (nSPS) is 35.2. The molecule has 0 radical (unpaired) electrons. The molecule has 2 aliphatic rings. The smallest absolute Gasteiger partial charge is 0.306 e. The lowest BCUT2D eigenvalue weighted by Crippen LogP contribution is -2.42. The average Bonchev–Trinajstić information content (AvgIpc) is 2.98. The molecule has 98 valence electrons. The van der Waals surface area contributed by atoms with Crippen LogP contribution in [0.5, 0.6) is 0 Å². The molecule has 2 atom stereocenters. The van der Waals surface area contributed by atoms with E-state index in [1.54, 1.807) is 6.92 Å². The van der Waals surface area contributed by atoms with Crippen molar-refractivity contribution < 1.29 is 22.7 Å². The number of epoxide rings is 1. The van der Waals surface area contributed by atoms with Gasteiger partial charge in [0.1, 0.15) is 0 Å². The van der Waals surface area contributed by atoms with Gasteiger partial charge in [0.2, 0.25) is 0 Å². The highest BCUT2D eigenvalue weighted by Crippen LogP contribution is 2.44. The molecule has 0 N–H and O–H groups in total. The molecule has 0 saturated carbocycles. The largest absolute Gasteiger partial charge is 0.466 e. The highest BCUT2D eigenvalue weighted by Gasteiger charge is 2.52. The molecule has 2 saturated heterocycles. The molecule has 5 nitrogen and oxygen atoms in total. The minimum atomic E-state index is -3.04. The van der Waals surface area contributed by atoms with E-state index in [1.807, 2.05) is 0 Å². The Bertz CT molecular complexity index is 398. The van der Waals surface area contributed by atoms with Gasteiger partial charge in [-0.05, 0) is 19.8 Å². The van der Waals surface area contributed by atoms with Crippen molar-refractivity contribution in [2.24, 2.45) is 5.41 Å². The van der Waals surface area contributed by atoms with E-state index in [1.165, 1.54) is 0 Å². The van der Waals surface area contributed by atoms with E-state index in [2.05, 4.69) is 0 Å². The molecule has 0 spiro atoms. The van der Waals surface area contributed by atoms with Crippen LogP contribution in [0.25, 0.3) is 0 Å². The van der Waals surface area contributed by atoms with Gasteiger partial charge in [-0.2, -0.15) is 0 Å². The fraction of sp³-hybridized carbons (Fsp3) is 0.909. The molecule has 0 aromatic rings. The molecule has 2 rings (SSSR count). The summed E-state index contributed by atoms with van der Waals surface area (Å²) in [6.07, 6.45) is 1.42. The van der Waals surface area contributed by atoms with Crippen molar-refractivity contribution >= 4 is 15.8 Å². The second-order valence-corrected chi connectivity index (χ2v) is 7.05. The Kier molecular flexibility index (Phi) is 3.45. The van der Waals surface area contributed by atoms with Crippen LogP contribution in [0.3, 0.4) is 0 Å². The van der Waals surface area contributed by atoms with Gasteiger partial charge >= 0.3 is 5.97 Å². The maximum Gasteiger partial charge on any atom is 0.306 e. The van der Waals surface area contributed by atoms with Crippen molar-refractivity contribution in [1.82, 2.24) is 0 Å². The number of hydrogen-bond acceptors (Lipinski definition) is 5. The molecule has 0 aromatic heterocycles. The Labute approximate surface area is 101 Å². The summed E-state index contributed by atoms with van der Waals surface area (Å²) in [5.41, 5.74) is -0.538. The Balaban J connectivity index is 2.12. The molecule has 0 aliphatic carbocycles. The molecule has 6 heteroatoms. The first-order chi connectivity index (χ1) is 7.97. The number of rotatable bonds is 4. The van der Waals surface area contributed by atoms with E-state index in [9.17, 15) is 13.2 Å². The number of carbonyl (C=O) groups is 1. The summed E-state index contributed by atoms with van der Waals surface area (Å²) in [6.45, 7) is 2.64. The highest BCUT2D eigenvalue weighted by atomic mass is 32.2. The van der Waals surface area contributed by atoms with Crippen LogP contribution in [-0.4, -0.2) is 45.2 Å². The number of carbonyl (C=O) groups excluding carboxylic acids is 1. The second-order valence-electron chi connectivity index (χ2n) is 4.86. The minimum Gasteiger partial charge on any atom is -0.466 e. The van der Waals surface area contributed by atoms with E-state index in [0.717, 1.165) is 6.42 Å². The maximum absolute atomic E-state index is 11.7.